The van der Waals surface area contributed by atoms with E-state index in [0.29, 0.717) is 31.8 Å². The number of anilines is 2. The normalized spacial score (nSPS) is 18.9. The summed E-state index contributed by atoms with van der Waals surface area (Å²) in [6.07, 6.45) is -1.44. The van der Waals surface area contributed by atoms with Crippen molar-refractivity contribution in [3.05, 3.63) is 76.7 Å². The number of fused-ring (bicyclic) bond motifs is 1. The Bertz CT molecular complexity index is 1640. The van der Waals surface area contributed by atoms with Gasteiger partial charge in [0.2, 0.25) is 5.91 Å². The number of urea groups is 1. The van der Waals surface area contributed by atoms with Crippen molar-refractivity contribution in [3.8, 4) is 11.5 Å². The van der Waals surface area contributed by atoms with E-state index >= 15 is 0 Å². The maximum Gasteiger partial charge on any atom is 0.416 e. The summed E-state index contributed by atoms with van der Waals surface area (Å²) in [5.41, 5.74) is 1.23. The van der Waals surface area contributed by atoms with Crippen molar-refractivity contribution in [1.82, 2.24) is 19.7 Å². The van der Waals surface area contributed by atoms with Gasteiger partial charge in [-0.1, -0.05) is 19.1 Å². The van der Waals surface area contributed by atoms with Gasteiger partial charge in [0.25, 0.3) is 0 Å². The van der Waals surface area contributed by atoms with E-state index < -0.39 is 29.6 Å². The van der Waals surface area contributed by atoms with E-state index in [1.165, 1.54) is 18.2 Å². The molecule has 0 bridgehead atoms. The summed E-state index contributed by atoms with van der Waals surface area (Å²) in [6.45, 7) is 8.38. The molecule has 47 heavy (non-hydrogen) atoms. The Morgan fingerprint density at radius 2 is 1.72 bits per heavy atom. The fourth-order valence-corrected chi connectivity index (χ4v) is 6.16. The molecule has 1 aliphatic carbocycles. The van der Waals surface area contributed by atoms with Crippen LogP contribution in [0.4, 0.5) is 33.9 Å². The molecule has 2 fully saturated rings. The van der Waals surface area contributed by atoms with Crippen LogP contribution in [0, 0.1) is 11.7 Å². The van der Waals surface area contributed by atoms with E-state index in [1.807, 2.05) is 17.9 Å². The molecule has 3 aromatic rings. The van der Waals surface area contributed by atoms with Gasteiger partial charge in [0.1, 0.15) is 11.6 Å². The number of benzene rings is 2. The van der Waals surface area contributed by atoms with Crippen molar-refractivity contribution in [2.24, 2.45) is 5.92 Å². The highest BCUT2D eigenvalue weighted by molar-refractivity contribution is 5.93. The summed E-state index contributed by atoms with van der Waals surface area (Å²) < 4.78 is 62.9. The van der Waals surface area contributed by atoms with E-state index in [1.54, 1.807) is 17.0 Å². The predicted octanol–water partition coefficient (Wildman–Crippen LogP) is 6.67. The van der Waals surface area contributed by atoms with Gasteiger partial charge in [-0.2, -0.15) is 13.2 Å². The molecule has 250 valence electrons. The molecule has 1 saturated carbocycles. The molecule has 2 N–H and O–H groups in total. The zero-order valence-corrected chi connectivity index (χ0v) is 26.4. The molecule has 0 spiro atoms. The van der Waals surface area contributed by atoms with Crippen LogP contribution in [0.5, 0.6) is 11.5 Å². The Labute approximate surface area is 270 Å². The lowest BCUT2D eigenvalue weighted by Gasteiger charge is -2.35. The van der Waals surface area contributed by atoms with Gasteiger partial charge in [0.05, 0.1) is 17.8 Å². The fourth-order valence-electron chi connectivity index (χ4n) is 6.16. The number of halogens is 4. The molecule has 13 heteroatoms. The Morgan fingerprint density at radius 3 is 2.43 bits per heavy atom. The van der Waals surface area contributed by atoms with E-state index in [9.17, 15) is 27.2 Å². The van der Waals surface area contributed by atoms with Crippen LogP contribution in [0.25, 0.3) is 0 Å². The third-order valence-corrected chi connectivity index (χ3v) is 9.14. The van der Waals surface area contributed by atoms with Gasteiger partial charge in [-0.3, -0.25) is 9.69 Å². The number of rotatable bonds is 8. The lowest BCUT2D eigenvalue weighted by Crippen LogP contribution is -2.45. The van der Waals surface area contributed by atoms with Crippen LogP contribution in [0.2, 0.25) is 0 Å². The number of hydrogen-bond donors (Lipinski definition) is 2. The number of amides is 3. The van der Waals surface area contributed by atoms with Gasteiger partial charge < -0.3 is 25.2 Å². The molecule has 1 aromatic heterocycles. The number of aromatic nitrogens is 1. The lowest BCUT2D eigenvalue weighted by atomic mass is 9.93. The van der Waals surface area contributed by atoms with Crippen LogP contribution in [0.1, 0.15) is 55.0 Å². The van der Waals surface area contributed by atoms with Crippen LogP contribution in [-0.4, -0.2) is 70.9 Å². The summed E-state index contributed by atoms with van der Waals surface area (Å²) in [4.78, 5) is 35.3. The first-order valence-electron chi connectivity index (χ1n) is 16.0. The SMILES string of the molecule is CCN1CCN(Cc2ccc(NC(=O)N3CCc4ccc(Oc5cc(NC(=O)C6CC6)ncc5F)cc4[C@@H]3C)cc2C(F)(F)F)CC1. The average molecular weight is 655 g/mol. The number of carbonyl (C=O) groups excluding carboxylic acids is 2. The third-order valence-electron chi connectivity index (χ3n) is 9.14. The Kier molecular flexibility index (Phi) is 9.38. The molecule has 1 atom stereocenters. The largest absolute Gasteiger partial charge is 0.454 e. The second-order valence-electron chi connectivity index (χ2n) is 12.4. The number of nitrogens with one attached hydrogen (secondary N) is 2. The second kappa shape index (κ2) is 13.5. The minimum Gasteiger partial charge on any atom is -0.454 e. The molecular formula is C34H38F4N6O3. The zero-order chi connectivity index (χ0) is 33.3. The van der Waals surface area contributed by atoms with Crippen molar-refractivity contribution < 1.29 is 31.9 Å². The van der Waals surface area contributed by atoms with Gasteiger partial charge in [-0.15, -0.1) is 0 Å². The van der Waals surface area contributed by atoms with E-state index in [0.717, 1.165) is 55.9 Å². The monoisotopic (exact) mass is 654 g/mol. The summed E-state index contributed by atoms with van der Waals surface area (Å²) in [5.74, 6) is -0.521. The van der Waals surface area contributed by atoms with Crippen molar-refractivity contribution in [3.63, 3.8) is 0 Å². The molecule has 2 aromatic carbocycles. The minimum atomic E-state index is -4.58. The van der Waals surface area contributed by atoms with Gasteiger partial charge in [0, 0.05) is 56.9 Å². The molecule has 0 radical (unpaired) electrons. The zero-order valence-electron chi connectivity index (χ0n) is 26.4. The van der Waals surface area contributed by atoms with E-state index in [2.05, 4.69) is 27.4 Å². The van der Waals surface area contributed by atoms with Crippen LogP contribution in [0.15, 0.2) is 48.7 Å². The first kappa shape index (κ1) is 32.7. The summed E-state index contributed by atoms with van der Waals surface area (Å²) in [7, 11) is 0. The van der Waals surface area contributed by atoms with Crippen molar-refractivity contribution in [2.45, 2.75) is 51.9 Å². The molecule has 2 aliphatic heterocycles. The predicted molar refractivity (Wildman–Crippen MR) is 169 cm³/mol. The molecule has 0 unspecified atom stereocenters. The summed E-state index contributed by atoms with van der Waals surface area (Å²) in [6, 6.07) is 9.60. The standard InChI is InChI=1S/C34H38F4N6O3/c1-3-42-12-14-43(15-13-42)20-24-6-8-25(16-28(24)34(36,37)38)40-33(46)44-11-10-22-7-9-26(17-27(22)21(44)2)47-30-18-31(39-19-29(30)35)41-32(45)23-4-5-23/h6-9,16-19,21,23H,3-5,10-15,20H2,1-2H3,(H,40,46)(H,39,41,45)/t21-/m0/s1. The molecule has 1 saturated heterocycles. The summed E-state index contributed by atoms with van der Waals surface area (Å²) in [5, 5.41) is 5.34. The molecular weight excluding hydrogens is 616 g/mol. The minimum absolute atomic E-state index is 0.0449. The molecule has 6 rings (SSSR count). The lowest BCUT2D eigenvalue weighted by molar-refractivity contribution is -0.138. The van der Waals surface area contributed by atoms with Crippen LogP contribution >= 0.6 is 0 Å². The number of pyridine rings is 1. The van der Waals surface area contributed by atoms with Gasteiger partial charge >= 0.3 is 12.2 Å². The van der Waals surface area contributed by atoms with Crippen LogP contribution in [0.3, 0.4) is 0 Å². The highest BCUT2D eigenvalue weighted by atomic mass is 19.4. The van der Waals surface area contributed by atoms with Crippen LogP contribution < -0.4 is 15.4 Å². The fraction of sp³-hybridized carbons (Fsp3) is 0.441. The Morgan fingerprint density at radius 1 is 0.979 bits per heavy atom. The highest BCUT2D eigenvalue weighted by Crippen LogP contribution is 2.37. The Balaban J connectivity index is 1.14. The first-order chi connectivity index (χ1) is 22.5. The molecule has 3 aliphatic rings. The summed E-state index contributed by atoms with van der Waals surface area (Å²) >= 11 is 0. The second-order valence-corrected chi connectivity index (χ2v) is 12.4. The van der Waals surface area contributed by atoms with E-state index in [4.69, 9.17) is 4.74 Å². The number of hydrogen-bond acceptors (Lipinski definition) is 6. The van der Waals surface area contributed by atoms with Gasteiger partial charge in [-0.05, 0) is 73.7 Å². The Hall–Kier alpha value is -4.23. The number of nitrogens with zero attached hydrogens (tertiary/aromatic N) is 4. The van der Waals surface area contributed by atoms with E-state index in [-0.39, 0.29) is 41.2 Å². The van der Waals surface area contributed by atoms with Crippen molar-refractivity contribution in [2.75, 3.05) is 49.9 Å². The van der Waals surface area contributed by atoms with Crippen LogP contribution in [-0.2, 0) is 23.9 Å². The maximum atomic E-state index is 14.6. The van der Waals surface area contributed by atoms with Crippen molar-refractivity contribution in [1.29, 1.82) is 0 Å². The molecule has 9 nitrogen and oxygen atoms in total. The first-order valence-corrected chi connectivity index (χ1v) is 16.0. The van der Waals surface area contributed by atoms with Crippen molar-refractivity contribution >= 4 is 23.4 Å². The van der Waals surface area contributed by atoms with Gasteiger partial charge in [0.15, 0.2) is 11.6 Å². The number of piperazine rings is 1. The smallest absolute Gasteiger partial charge is 0.416 e. The van der Waals surface area contributed by atoms with Gasteiger partial charge in [-0.25, -0.2) is 14.2 Å². The maximum absolute atomic E-state index is 14.6. The molecule has 3 amide bonds. The third kappa shape index (κ3) is 7.68. The average Bonchev–Trinajstić information content (AvgIpc) is 3.90. The highest BCUT2D eigenvalue weighted by Gasteiger charge is 2.35. The number of likely N-dealkylation sites (N-methyl/N-ethyl adjacent to an activating group) is 1. The number of ether oxygens (including phenoxy) is 1. The number of carbonyl (C=O) groups is 2. The quantitative estimate of drug-likeness (QED) is 0.264. The number of alkyl halides is 3. The molecule has 3 heterocycles. The topological polar surface area (TPSA) is 90.0 Å².